The molecule has 3 atom stereocenters. The minimum Gasteiger partial charge on any atom is -0.496 e. The van der Waals surface area contributed by atoms with Crippen LogP contribution < -0.4 is 4.74 Å². The molecule has 2 rings (SSSR count). The zero-order valence-corrected chi connectivity index (χ0v) is 12.9. The summed E-state index contributed by atoms with van der Waals surface area (Å²) in [4.78, 5) is 12.3. The molecule has 0 spiro atoms. The molecule has 0 N–H and O–H groups in total. The van der Waals surface area contributed by atoms with Gasteiger partial charge in [-0.2, -0.15) is 0 Å². The first-order chi connectivity index (χ1) is 9.61. The molecule has 0 bridgehead atoms. The normalized spacial score (nSPS) is 24.1. The van der Waals surface area contributed by atoms with Crippen LogP contribution in [0.4, 0.5) is 0 Å². The van der Waals surface area contributed by atoms with Gasteiger partial charge in [0.25, 0.3) is 0 Å². The van der Waals surface area contributed by atoms with Crippen molar-refractivity contribution in [2.75, 3.05) is 12.9 Å². The molecule has 0 saturated heterocycles. The highest BCUT2D eigenvalue weighted by atomic mass is 32.2. The Kier molecular flexibility index (Phi) is 5.35. The number of hydrogen-bond acceptors (Lipinski definition) is 3. The Morgan fingerprint density at radius 1 is 1.35 bits per heavy atom. The number of rotatable bonds is 5. The summed E-state index contributed by atoms with van der Waals surface area (Å²) in [5.74, 6) is 1.21. The van der Waals surface area contributed by atoms with Crippen molar-refractivity contribution in [2.45, 2.75) is 37.9 Å². The molecule has 0 heterocycles. The molecule has 0 aliphatic heterocycles. The molecule has 3 unspecified atom stereocenters. The minimum absolute atomic E-state index is 0.0843. The Morgan fingerprint density at radius 3 is 2.80 bits per heavy atom. The zero-order chi connectivity index (χ0) is 14.5. The predicted octanol–water partition coefficient (Wildman–Crippen LogP) is 3.21. The second-order valence-corrected chi connectivity index (χ2v) is 7.26. The molecule has 1 aliphatic carbocycles. The van der Waals surface area contributed by atoms with Crippen molar-refractivity contribution in [3.05, 3.63) is 29.8 Å². The lowest BCUT2D eigenvalue weighted by molar-refractivity contribution is 0.101. The van der Waals surface area contributed by atoms with E-state index in [4.69, 9.17) is 4.74 Å². The van der Waals surface area contributed by atoms with Crippen LogP contribution in [0, 0.1) is 5.92 Å². The van der Waals surface area contributed by atoms with Crippen LogP contribution in [-0.2, 0) is 10.8 Å². The fraction of sp³-hybridized carbons (Fsp3) is 0.562. The van der Waals surface area contributed by atoms with Crippen LogP contribution in [0.2, 0.25) is 0 Å². The Balaban J connectivity index is 2.02. The molecule has 110 valence electrons. The topological polar surface area (TPSA) is 43.4 Å². The van der Waals surface area contributed by atoms with Crippen LogP contribution in [0.1, 0.15) is 43.0 Å². The van der Waals surface area contributed by atoms with Gasteiger partial charge in [-0.3, -0.25) is 9.00 Å². The van der Waals surface area contributed by atoms with Crippen LogP contribution >= 0.6 is 0 Å². The van der Waals surface area contributed by atoms with Gasteiger partial charge >= 0.3 is 0 Å². The summed E-state index contributed by atoms with van der Waals surface area (Å²) < 4.78 is 17.6. The summed E-state index contributed by atoms with van der Waals surface area (Å²) >= 11 is 0. The fourth-order valence-corrected chi connectivity index (χ4v) is 4.44. The maximum Gasteiger partial charge on any atom is 0.179 e. The van der Waals surface area contributed by atoms with Gasteiger partial charge in [0.05, 0.1) is 18.4 Å². The number of Topliss-reactive ketones (excluding diaryl/α,β-unsaturated/α-hetero) is 1. The van der Waals surface area contributed by atoms with Crippen LogP contribution in [0.5, 0.6) is 5.75 Å². The second kappa shape index (κ2) is 7.02. The van der Waals surface area contributed by atoms with Gasteiger partial charge in [-0.15, -0.1) is 0 Å². The van der Waals surface area contributed by atoms with Crippen LogP contribution in [0.3, 0.4) is 0 Å². The average Bonchev–Trinajstić information content (AvgIpc) is 2.47. The molecule has 1 aromatic carbocycles. The van der Waals surface area contributed by atoms with Crippen molar-refractivity contribution in [3.8, 4) is 5.75 Å². The molecule has 4 heteroatoms. The third kappa shape index (κ3) is 3.69. The average molecular weight is 294 g/mol. The fourth-order valence-electron chi connectivity index (χ4n) is 2.82. The first-order valence-corrected chi connectivity index (χ1v) is 8.53. The largest absolute Gasteiger partial charge is 0.496 e. The molecule has 20 heavy (non-hydrogen) atoms. The van der Waals surface area contributed by atoms with Gasteiger partial charge in [0, 0.05) is 16.0 Å². The Labute approximate surface area is 123 Å². The zero-order valence-electron chi connectivity index (χ0n) is 12.1. The molecule has 1 fully saturated rings. The molecule has 1 aromatic rings. The lowest BCUT2D eigenvalue weighted by atomic mass is 9.91. The number of benzene rings is 1. The predicted molar refractivity (Wildman–Crippen MR) is 81.8 cm³/mol. The number of carbonyl (C=O) groups excluding carboxylic acids is 1. The quantitative estimate of drug-likeness (QED) is 0.783. The van der Waals surface area contributed by atoms with Crippen molar-refractivity contribution in [3.63, 3.8) is 0 Å². The Hall–Kier alpha value is -1.16. The standard InChI is InChI=1S/C16H22O3S/c1-12-6-5-7-13(10-12)20(18)11-15(17)14-8-3-4-9-16(14)19-2/h3-4,8-9,12-13H,5-7,10-11H2,1-2H3. The summed E-state index contributed by atoms with van der Waals surface area (Å²) in [6.07, 6.45) is 4.30. The summed E-state index contributed by atoms with van der Waals surface area (Å²) in [7, 11) is 0.474. The first-order valence-electron chi connectivity index (χ1n) is 7.15. The minimum atomic E-state index is -1.07. The number of para-hydroxylation sites is 1. The molecule has 1 aliphatic rings. The van der Waals surface area contributed by atoms with E-state index in [1.165, 1.54) is 6.42 Å². The third-order valence-corrected chi connectivity index (χ3v) is 5.66. The Morgan fingerprint density at radius 2 is 2.10 bits per heavy atom. The van der Waals surface area contributed by atoms with Crippen molar-refractivity contribution >= 4 is 16.6 Å². The summed E-state index contributed by atoms with van der Waals surface area (Å²) in [6, 6.07) is 7.14. The lowest BCUT2D eigenvalue weighted by Gasteiger charge is -2.25. The van der Waals surface area contributed by atoms with Gasteiger partial charge in [0.1, 0.15) is 5.75 Å². The highest BCUT2D eigenvalue weighted by Gasteiger charge is 2.26. The Bertz CT molecular complexity index is 498. The van der Waals surface area contributed by atoms with Gasteiger partial charge in [-0.25, -0.2) is 0 Å². The first kappa shape index (κ1) is 15.2. The molecule has 3 nitrogen and oxygen atoms in total. The van der Waals surface area contributed by atoms with Crippen molar-refractivity contribution in [2.24, 2.45) is 5.92 Å². The van der Waals surface area contributed by atoms with E-state index in [0.29, 0.717) is 17.2 Å². The summed E-state index contributed by atoms with van der Waals surface area (Å²) in [6.45, 7) is 2.20. The maximum absolute atomic E-state index is 12.4. The number of methoxy groups -OCH3 is 1. The number of ketones is 1. The van der Waals surface area contributed by atoms with Gasteiger partial charge < -0.3 is 4.74 Å². The lowest BCUT2D eigenvalue weighted by Crippen LogP contribution is -2.27. The van der Waals surface area contributed by atoms with E-state index in [9.17, 15) is 9.00 Å². The van der Waals surface area contributed by atoms with E-state index in [2.05, 4.69) is 6.92 Å². The van der Waals surface area contributed by atoms with E-state index in [1.54, 1.807) is 25.3 Å². The molecule has 0 radical (unpaired) electrons. The van der Waals surface area contributed by atoms with Crippen LogP contribution in [0.25, 0.3) is 0 Å². The molecule has 0 aromatic heterocycles. The summed E-state index contributed by atoms with van der Waals surface area (Å²) in [5, 5.41) is 0.178. The van der Waals surface area contributed by atoms with Crippen molar-refractivity contribution in [1.82, 2.24) is 0 Å². The molecular weight excluding hydrogens is 272 g/mol. The molecular formula is C16H22O3S. The third-order valence-electron chi connectivity index (χ3n) is 3.94. The van der Waals surface area contributed by atoms with E-state index in [0.717, 1.165) is 19.3 Å². The van der Waals surface area contributed by atoms with Crippen LogP contribution in [0.15, 0.2) is 24.3 Å². The SMILES string of the molecule is COc1ccccc1C(=O)CS(=O)C1CCCC(C)C1. The van der Waals surface area contributed by atoms with Gasteiger partial charge in [0.15, 0.2) is 5.78 Å². The van der Waals surface area contributed by atoms with Crippen molar-refractivity contribution in [1.29, 1.82) is 0 Å². The highest BCUT2D eigenvalue weighted by Crippen LogP contribution is 2.28. The van der Waals surface area contributed by atoms with Gasteiger partial charge in [0.2, 0.25) is 0 Å². The molecule has 1 saturated carbocycles. The van der Waals surface area contributed by atoms with E-state index >= 15 is 0 Å². The smallest absolute Gasteiger partial charge is 0.179 e. The van der Waals surface area contributed by atoms with Crippen LogP contribution in [-0.4, -0.2) is 28.1 Å². The molecule has 0 amide bonds. The number of ether oxygens (including phenoxy) is 1. The van der Waals surface area contributed by atoms with E-state index in [1.807, 2.05) is 6.07 Å². The van der Waals surface area contributed by atoms with E-state index in [-0.39, 0.29) is 16.8 Å². The van der Waals surface area contributed by atoms with Crippen molar-refractivity contribution < 1.29 is 13.7 Å². The van der Waals surface area contributed by atoms with E-state index < -0.39 is 10.8 Å². The van der Waals surface area contributed by atoms with Gasteiger partial charge in [-0.05, 0) is 30.9 Å². The highest BCUT2D eigenvalue weighted by molar-refractivity contribution is 7.86. The maximum atomic E-state index is 12.4. The summed E-state index contributed by atoms with van der Waals surface area (Å²) in [5.41, 5.74) is 0.534. The number of carbonyl (C=O) groups is 1. The monoisotopic (exact) mass is 294 g/mol. The number of hydrogen-bond donors (Lipinski definition) is 0. The second-order valence-electron chi connectivity index (χ2n) is 5.54. The van der Waals surface area contributed by atoms with Gasteiger partial charge in [-0.1, -0.05) is 31.9 Å².